The van der Waals surface area contributed by atoms with Gasteiger partial charge >= 0.3 is 5.97 Å². The lowest BCUT2D eigenvalue weighted by Gasteiger charge is -2.21. The molecule has 0 saturated heterocycles. The maximum atomic E-state index is 11.9. The fraction of sp³-hybridized carbons (Fsp3) is 0.444. The molecule has 1 aromatic heterocycles. The van der Waals surface area contributed by atoms with Gasteiger partial charge in [-0.2, -0.15) is 10.1 Å². The Morgan fingerprint density at radius 1 is 1.33 bits per heavy atom. The predicted molar refractivity (Wildman–Crippen MR) is 104 cm³/mol. The van der Waals surface area contributed by atoms with E-state index in [9.17, 15) is 4.79 Å². The van der Waals surface area contributed by atoms with Crippen molar-refractivity contribution in [3.8, 4) is 5.75 Å². The van der Waals surface area contributed by atoms with Crippen molar-refractivity contribution in [2.45, 2.75) is 43.4 Å². The molecule has 2 N–H and O–H groups in total. The number of rotatable bonds is 8. The molecule has 1 aliphatic carbocycles. The minimum atomic E-state index is -0.219. The van der Waals surface area contributed by atoms with Gasteiger partial charge in [0, 0.05) is 0 Å². The normalized spacial score (nSPS) is 15.0. The largest absolute Gasteiger partial charge is 0.497 e. The van der Waals surface area contributed by atoms with E-state index in [4.69, 9.17) is 9.47 Å². The molecule has 1 saturated carbocycles. The van der Waals surface area contributed by atoms with E-state index in [2.05, 4.69) is 25.7 Å². The van der Waals surface area contributed by atoms with E-state index in [-0.39, 0.29) is 17.8 Å². The molecule has 8 nitrogen and oxygen atoms in total. The van der Waals surface area contributed by atoms with Crippen molar-refractivity contribution < 1.29 is 14.3 Å². The Morgan fingerprint density at radius 3 is 2.85 bits per heavy atom. The van der Waals surface area contributed by atoms with Crippen LogP contribution in [0.4, 0.5) is 5.95 Å². The van der Waals surface area contributed by atoms with Crippen molar-refractivity contribution in [3.05, 3.63) is 29.8 Å². The van der Waals surface area contributed by atoms with Crippen LogP contribution in [-0.4, -0.2) is 46.3 Å². The van der Waals surface area contributed by atoms with E-state index in [0.29, 0.717) is 11.1 Å². The molecule has 0 unspecified atom stereocenters. The summed E-state index contributed by atoms with van der Waals surface area (Å²) in [6.45, 7) is 0. The summed E-state index contributed by atoms with van der Waals surface area (Å²) in [5.41, 5.74) is 3.69. The highest BCUT2D eigenvalue weighted by atomic mass is 32.2. The van der Waals surface area contributed by atoms with Gasteiger partial charge in [0.25, 0.3) is 0 Å². The SMILES string of the molecule is COc1ccc(/C=N\Nc2nc(SCC(=O)OC3CCCCC3)n[nH]2)cc1. The Kier molecular flexibility index (Phi) is 7.09. The number of benzene rings is 1. The van der Waals surface area contributed by atoms with E-state index in [1.165, 1.54) is 18.2 Å². The van der Waals surface area contributed by atoms with Gasteiger partial charge in [-0.05, 0) is 55.5 Å². The van der Waals surface area contributed by atoms with E-state index in [1.807, 2.05) is 24.3 Å². The first-order valence-electron chi connectivity index (χ1n) is 8.91. The van der Waals surface area contributed by atoms with Crippen molar-refractivity contribution in [2.24, 2.45) is 5.10 Å². The third-order valence-electron chi connectivity index (χ3n) is 4.13. The first-order chi connectivity index (χ1) is 13.2. The average molecular weight is 389 g/mol. The first kappa shape index (κ1) is 19.2. The number of hydrazone groups is 1. The lowest BCUT2D eigenvalue weighted by atomic mass is 9.98. The number of methoxy groups -OCH3 is 1. The van der Waals surface area contributed by atoms with Crippen LogP contribution in [-0.2, 0) is 9.53 Å². The molecule has 0 amide bonds. The van der Waals surface area contributed by atoms with Crippen LogP contribution < -0.4 is 10.2 Å². The highest BCUT2D eigenvalue weighted by molar-refractivity contribution is 7.99. The number of hydrogen-bond donors (Lipinski definition) is 2. The summed E-state index contributed by atoms with van der Waals surface area (Å²) in [4.78, 5) is 16.1. The summed E-state index contributed by atoms with van der Waals surface area (Å²) in [5.74, 6) is 1.17. The number of carbonyl (C=O) groups excluding carboxylic acids is 1. The van der Waals surface area contributed by atoms with Crippen molar-refractivity contribution in [2.75, 3.05) is 18.3 Å². The molecule has 1 aliphatic rings. The van der Waals surface area contributed by atoms with Gasteiger partial charge in [-0.3, -0.25) is 4.79 Å². The topological polar surface area (TPSA) is 101 Å². The number of thioether (sulfide) groups is 1. The molecule has 27 heavy (non-hydrogen) atoms. The van der Waals surface area contributed by atoms with Crippen molar-refractivity contribution >= 4 is 29.9 Å². The second-order valence-corrected chi connectivity index (χ2v) is 7.09. The maximum Gasteiger partial charge on any atom is 0.316 e. The molecule has 9 heteroatoms. The molecular formula is C18H23N5O3S. The fourth-order valence-electron chi connectivity index (χ4n) is 2.75. The molecule has 0 atom stereocenters. The summed E-state index contributed by atoms with van der Waals surface area (Å²) >= 11 is 1.24. The van der Waals surface area contributed by atoms with Crippen LogP contribution in [0.5, 0.6) is 5.75 Å². The van der Waals surface area contributed by atoms with Gasteiger partial charge in [0.1, 0.15) is 11.9 Å². The number of nitrogens with one attached hydrogen (secondary N) is 2. The molecule has 0 radical (unpaired) electrons. The number of hydrogen-bond acceptors (Lipinski definition) is 8. The zero-order chi connectivity index (χ0) is 18.9. The summed E-state index contributed by atoms with van der Waals surface area (Å²) in [5, 5.41) is 11.4. The van der Waals surface area contributed by atoms with Crippen LogP contribution in [0.15, 0.2) is 34.5 Å². The molecule has 2 aromatic rings. The highest BCUT2D eigenvalue weighted by Crippen LogP contribution is 2.21. The number of nitrogens with zero attached hydrogens (tertiary/aromatic N) is 3. The molecule has 3 rings (SSSR count). The Labute approximate surface area is 162 Å². The molecule has 144 valence electrons. The van der Waals surface area contributed by atoms with Gasteiger partial charge < -0.3 is 9.47 Å². The number of H-pyrrole nitrogens is 1. The zero-order valence-corrected chi connectivity index (χ0v) is 16.0. The predicted octanol–water partition coefficient (Wildman–Crippen LogP) is 3.23. The fourth-order valence-corrected chi connectivity index (χ4v) is 3.33. The van der Waals surface area contributed by atoms with Gasteiger partial charge in [-0.1, -0.05) is 18.2 Å². The van der Waals surface area contributed by atoms with Crippen LogP contribution in [0.1, 0.15) is 37.7 Å². The summed E-state index contributed by atoms with van der Waals surface area (Å²) in [7, 11) is 1.62. The van der Waals surface area contributed by atoms with Crippen molar-refractivity contribution in [3.63, 3.8) is 0 Å². The minimum Gasteiger partial charge on any atom is -0.497 e. The molecule has 0 aliphatic heterocycles. The molecule has 1 fully saturated rings. The molecule has 1 heterocycles. The number of esters is 1. The third kappa shape index (κ3) is 6.28. The van der Waals surface area contributed by atoms with Crippen LogP contribution >= 0.6 is 11.8 Å². The minimum absolute atomic E-state index is 0.0727. The number of carbonyl (C=O) groups is 1. The molecular weight excluding hydrogens is 366 g/mol. The van der Waals surface area contributed by atoms with Crippen LogP contribution in [0, 0.1) is 0 Å². The van der Waals surface area contributed by atoms with Crippen LogP contribution in [0.25, 0.3) is 0 Å². The number of ether oxygens (including phenoxy) is 2. The van der Waals surface area contributed by atoms with E-state index in [1.54, 1.807) is 13.3 Å². The Hall–Kier alpha value is -2.55. The highest BCUT2D eigenvalue weighted by Gasteiger charge is 2.18. The Morgan fingerprint density at radius 2 is 2.11 bits per heavy atom. The second kappa shape index (κ2) is 9.96. The van der Waals surface area contributed by atoms with E-state index < -0.39 is 0 Å². The summed E-state index contributed by atoms with van der Waals surface area (Å²) in [6, 6.07) is 7.50. The number of anilines is 1. The Bertz CT molecular complexity index is 757. The molecule has 0 bridgehead atoms. The van der Waals surface area contributed by atoms with Gasteiger partial charge in [-0.25, -0.2) is 10.5 Å². The Balaban J connectivity index is 1.41. The first-order valence-corrected chi connectivity index (χ1v) is 9.89. The average Bonchev–Trinajstić information content (AvgIpc) is 3.15. The van der Waals surface area contributed by atoms with Crippen molar-refractivity contribution in [1.82, 2.24) is 15.2 Å². The molecule has 1 aromatic carbocycles. The monoisotopic (exact) mass is 389 g/mol. The molecule has 0 spiro atoms. The summed E-state index contributed by atoms with van der Waals surface area (Å²) < 4.78 is 10.6. The third-order valence-corrected chi connectivity index (χ3v) is 4.96. The lowest BCUT2D eigenvalue weighted by Crippen LogP contribution is -2.21. The second-order valence-electron chi connectivity index (χ2n) is 6.15. The van der Waals surface area contributed by atoms with Gasteiger partial charge in [0.2, 0.25) is 11.1 Å². The van der Waals surface area contributed by atoms with Crippen molar-refractivity contribution in [1.29, 1.82) is 0 Å². The summed E-state index contributed by atoms with van der Waals surface area (Å²) in [6.07, 6.45) is 7.18. The number of aromatic amines is 1. The smallest absolute Gasteiger partial charge is 0.316 e. The lowest BCUT2D eigenvalue weighted by molar-refractivity contribution is -0.147. The van der Waals surface area contributed by atoms with Gasteiger partial charge in [0.15, 0.2) is 0 Å². The van der Waals surface area contributed by atoms with Crippen LogP contribution in [0.3, 0.4) is 0 Å². The maximum absolute atomic E-state index is 11.9. The zero-order valence-electron chi connectivity index (χ0n) is 15.2. The quantitative estimate of drug-likeness (QED) is 0.309. The van der Waals surface area contributed by atoms with Gasteiger partial charge in [-0.15, -0.1) is 5.10 Å². The van der Waals surface area contributed by atoms with E-state index >= 15 is 0 Å². The standard InChI is InChI=1S/C18H23N5O3S/c1-25-14-9-7-13(8-10-14)11-19-21-17-20-18(23-22-17)27-12-16(24)26-15-5-3-2-4-6-15/h7-11,15H,2-6,12H2,1H3,(H2,20,21,22,23)/b19-11-. The van der Waals surface area contributed by atoms with E-state index in [0.717, 1.165) is 37.0 Å². The van der Waals surface area contributed by atoms with Gasteiger partial charge in [0.05, 0.1) is 19.1 Å². The number of aromatic nitrogens is 3. The van der Waals surface area contributed by atoms with Crippen LogP contribution in [0.2, 0.25) is 0 Å².